The molecule has 0 unspecified atom stereocenters. The second-order valence-corrected chi connectivity index (χ2v) is 2.93. The van der Waals surface area contributed by atoms with Gasteiger partial charge < -0.3 is 4.74 Å². The zero-order valence-corrected chi connectivity index (χ0v) is 7.31. The molecule has 1 heteroatoms. The maximum absolute atomic E-state index is 5.33. The number of allylic oxidation sites excluding steroid dienone is 2. The molecule has 0 saturated heterocycles. The summed E-state index contributed by atoms with van der Waals surface area (Å²) in [4.78, 5) is 0. The molecule has 0 atom stereocenters. The molecule has 0 fully saturated rings. The Morgan fingerprint density at radius 3 is 2.54 bits per heavy atom. The summed E-state index contributed by atoms with van der Waals surface area (Å²) < 4.78 is 5.33. The fourth-order valence-corrected chi connectivity index (χ4v) is 1.27. The molecule has 1 heterocycles. The molecule has 1 aliphatic rings. The fraction of sp³-hybridized carbons (Fsp3) is 0.0833. The quantitative estimate of drug-likeness (QED) is 0.664. The van der Waals surface area contributed by atoms with Crippen molar-refractivity contribution in [3.63, 3.8) is 0 Å². The minimum Gasteiger partial charge on any atom is -0.486 e. The van der Waals surface area contributed by atoms with Gasteiger partial charge >= 0.3 is 0 Å². The summed E-state index contributed by atoms with van der Waals surface area (Å²) >= 11 is 0. The van der Waals surface area contributed by atoms with Gasteiger partial charge in [-0.15, -0.1) is 0 Å². The molecule has 0 N–H and O–H groups in total. The SMILES string of the molecule is C1=CO[C](Cc2ccccc2)C=C1. The van der Waals surface area contributed by atoms with E-state index in [2.05, 4.69) is 12.1 Å². The van der Waals surface area contributed by atoms with E-state index in [1.54, 1.807) is 6.26 Å². The molecule has 13 heavy (non-hydrogen) atoms. The molecule has 1 aromatic rings. The van der Waals surface area contributed by atoms with Gasteiger partial charge in [0, 0.05) is 6.42 Å². The maximum atomic E-state index is 5.33. The Bertz CT molecular complexity index is 311. The van der Waals surface area contributed by atoms with Crippen LogP contribution in [0.2, 0.25) is 0 Å². The van der Waals surface area contributed by atoms with E-state index in [9.17, 15) is 0 Å². The largest absolute Gasteiger partial charge is 0.486 e. The zero-order valence-electron chi connectivity index (χ0n) is 7.31. The van der Waals surface area contributed by atoms with Crippen LogP contribution in [0.5, 0.6) is 0 Å². The van der Waals surface area contributed by atoms with Crippen LogP contribution in [0.3, 0.4) is 0 Å². The second kappa shape index (κ2) is 3.94. The molecule has 0 bridgehead atoms. The zero-order chi connectivity index (χ0) is 8.93. The van der Waals surface area contributed by atoms with E-state index in [4.69, 9.17) is 4.74 Å². The van der Waals surface area contributed by atoms with Crippen LogP contribution in [-0.4, -0.2) is 0 Å². The van der Waals surface area contributed by atoms with Crippen molar-refractivity contribution in [2.24, 2.45) is 0 Å². The van der Waals surface area contributed by atoms with E-state index in [1.807, 2.05) is 36.4 Å². The van der Waals surface area contributed by atoms with E-state index in [0.717, 1.165) is 12.5 Å². The summed E-state index contributed by atoms with van der Waals surface area (Å²) in [6.07, 6.45) is 9.43. The van der Waals surface area contributed by atoms with E-state index >= 15 is 0 Å². The Labute approximate surface area is 78.3 Å². The summed E-state index contributed by atoms with van der Waals surface area (Å²) in [5, 5.41) is 0. The maximum Gasteiger partial charge on any atom is 0.174 e. The van der Waals surface area contributed by atoms with Gasteiger partial charge in [-0.25, -0.2) is 0 Å². The van der Waals surface area contributed by atoms with Crippen molar-refractivity contribution in [2.75, 3.05) is 0 Å². The lowest BCUT2D eigenvalue weighted by Gasteiger charge is -2.12. The number of hydrogen-bond acceptors (Lipinski definition) is 1. The van der Waals surface area contributed by atoms with Crippen molar-refractivity contribution in [1.82, 2.24) is 0 Å². The Balaban J connectivity index is 1.99. The summed E-state index contributed by atoms with van der Waals surface area (Å²) in [6.45, 7) is 0. The van der Waals surface area contributed by atoms with Gasteiger partial charge in [0.25, 0.3) is 0 Å². The first kappa shape index (κ1) is 8.11. The summed E-state index contributed by atoms with van der Waals surface area (Å²) in [6, 6.07) is 10.3. The van der Waals surface area contributed by atoms with Crippen molar-refractivity contribution in [2.45, 2.75) is 6.42 Å². The van der Waals surface area contributed by atoms with Crippen LogP contribution in [0.15, 0.2) is 54.8 Å². The number of hydrogen-bond donors (Lipinski definition) is 0. The number of benzene rings is 1. The molecular weight excluding hydrogens is 160 g/mol. The highest BCUT2D eigenvalue weighted by Crippen LogP contribution is 2.16. The minimum absolute atomic E-state index is 0.863. The lowest BCUT2D eigenvalue weighted by atomic mass is 10.1. The molecule has 1 nitrogen and oxygen atoms in total. The molecule has 0 aliphatic carbocycles. The normalized spacial score (nSPS) is 15.7. The highest BCUT2D eigenvalue weighted by molar-refractivity contribution is 5.24. The fourth-order valence-electron chi connectivity index (χ4n) is 1.27. The Morgan fingerprint density at radius 2 is 1.85 bits per heavy atom. The van der Waals surface area contributed by atoms with E-state index in [-0.39, 0.29) is 0 Å². The molecule has 2 rings (SSSR count). The average Bonchev–Trinajstić information content (AvgIpc) is 2.21. The number of ether oxygens (including phenoxy) is 1. The van der Waals surface area contributed by atoms with Crippen LogP contribution < -0.4 is 0 Å². The van der Waals surface area contributed by atoms with E-state index in [1.165, 1.54) is 5.56 Å². The van der Waals surface area contributed by atoms with Gasteiger partial charge in [-0.3, -0.25) is 0 Å². The van der Waals surface area contributed by atoms with Crippen molar-refractivity contribution in [1.29, 1.82) is 0 Å². The van der Waals surface area contributed by atoms with Crippen molar-refractivity contribution in [3.8, 4) is 0 Å². The first-order valence-corrected chi connectivity index (χ1v) is 4.35. The monoisotopic (exact) mass is 171 g/mol. The molecular formula is C12H11O. The van der Waals surface area contributed by atoms with Crippen LogP contribution in [-0.2, 0) is 11.2 Å². The van der Waals surface area contributed by atoms with Crippen LogP contribution in [0.25, 0.3) is 0 Å². The molecule has 0 spiro atoms. The predicted octanol–water partition coefficient (Wildman–Crippen LogP) is 2.86. The average molecular weight is 171 g/mol. The molecule has 0 aromatic heterocycles. The third-order valence-corrected chi connectivity index (χ3v) is 1.91. The highest BCUT2D eigenvalue weighted by Gasteiger charge is 2.08. The Kier molecular flexibility index (Phi) is 2.46. The van der Waals surface area contributed by atoms with Gasteiger partial charge in [0.2, 0.25) is 0 Å². The smallest absolute Gasteiger partial charge is 0.174 e. The van der Waals surface area contributed by atoms with Gasteiger partial charge in [0.05, 0.1) is 6.26 Å². The van der Waals surface area contributed by atoms with Crippen LogP contribution in [0, 0.1) is 6.10 Å². The topological polar surface area (TPSA) is 9.23 Å². The third kappa shape index (κ3) is 2.22. The van der Waals surface area contributed by atoms with Crippen LogP contribution >= 0.6 is 0 Å². The van der Waals surface area contributed by atoms with Crippen LogP contribution in [0.4, 0.5) is 0 Å². The van der Waals surface area contributed by atoms with Gasteiger partial charge in [-0.1, -0.05) is 36.4 Å². The summed E-state index contributed by atoms with van der Waals surface area (Å²) in [7, 11) is 0. The van der Waals surface area contributed by atoms with E-state index in [0.29, 0.717) is 0 Å². The van der Waals surface area contributed by atoms with Crippen molar-refractivity contribution >= 4 is 0 Å². The molecule has 0 amide bonds. The van der Waals surface area contributed by atoms with Crippen LogP contribution in [0.1, 0.15) is 5.56 Å². The number of rotatable bonds is 2. The Hall–Kier alpha value is -1.50. The van der Waals surface area contributed by atoms with Gasteiger partial charge in [-0.05, 0) is 17.7 Å². The molecule has 1 aliphatic heterocycles. The lowest BCUT2D eigenvalue weighted by molar-refractivity contribution is 0.278. The first-order chi connectivity index (χ1) is 6.45. The first-order valence-electron chi connectivity index (χ1n) is 4.35. The second-order valence-electron chi connectivity index (χ2n) is 2.93. The standard InChI is InChI=1S/C12H11O/c1-2-6-11(7-3-1)10-12-8-4-5-9-13-12/h1-9H,10H2. The highest BCUT2D eigenvalue weighted by atomic mass is 16.5. The molecule has 65 valence electrons. The third-order valence-electron chi connectivity index (χ3n) is 1.91. The minimum atomic E-state index is 0.863. The molecule has 0 saturated carbocycles. The predicted molar refractivity (Wildman–Crippen MR) is 52.8 cm³/mol. The van der Waals surface area contributed by atoms with Crippen molar-refractivity contribution in [3.05, 3.63) is 66.5 Å². The van der Waals surface area contributed by atoms with Crippen molar-refractivity contribution < 1.29 is 4.74 Å². The molecule has 1 radical (unpaired) electrons. The Morgan fingerprint density at radius 1 is 1.00 bits per heavy atom. The van der Waals surface area contributed by atoms with Gasteiger partial charge in [0.15, 0.2) is 6.10 Å². The molecule has 1 aromatic carbocycles. The van der Waals surface area contributed by atoms with E-state index < -0.39 is 0 Å². The van der Waals surface area contributed by atoms with Gasteiger partial charge in [0.1, 0.15) is 0 Å². The lowest BCUT2D eigenvalue weighted by Crippen LogP contribution is -2.02. The van der Waals surface area contributed by atoms with Gasteiger partial charge in [-0.2, -0.15) is 0 Å². The summed E-state index contributed by atoms with van der Waals surface area (Å²) in [5.74, 6) is 0. The summed E-state index contributed by atoms with van der Waals surface area (Å²) in [5.41, 5.74) is 1.28.